The first-order valence-electron chi connectivity index (χ1n) is 4.98. The van der Waals surface area contributed by atoms with Gasteiger partial charge in [0.05, 0.1) is 16.9 Å². The molecule has 0 aliphatic rings. The van der Waals surface area contributed by atoms with Crippen molar-refractivity contribution < 1.29 is 9.90 Å². The van der Waals surface area contributed by atoms with Crippen LogP contribution in [0.1, 0.15) is 24.2 Å². The number of nitrogens with zero attached hydrogens (tertiary/aromatic N) is 1. The van der Waals surface area contributed by atoms with E-state index in [4.69, 9.17) is 10.8 Å². The summed E-state index contributed by atoms with van der Waals surface area (Å²) in [5.74, 6) is -0.985. The van der Waals surface area contributed by atoms with Crippen LogP contribution < -0.4 is 10.6 Å². The molecule has 0 saturated carbocycles. The van der Waals surface area contributed by atoms with Gasteiger partial charge < -0.3 is 15.7 Å². The molecule has 0 aromatic heterocycles. The summed E-state index contributed by atoms with van der Waals surface area (Å²) in [6.45, 7) is 5.64. The molecule has 0 spiro atoms. The van der Waals surface area contributed by atoms with Crippen molar-refractivity contribution in [3.8, 4) is 0 Å². The Kier molecular flexibility index (Phi) is 3.55. The van der Waals surface area contributed by atoms with Gasteiger partial charge in [0.2, 0.25) is 0 Å². The molecule has 82 valence electrons. The van der Waals surface area contributed by atoms with Gasteiger partial charge in [-0.25, -0.2) is 4.79 Å². The maximum absolute atomic E-state index is 10.9. The number of carboxylic acid groups (broad SMARTS) is 1. The minimum Gasteiger partial charge on any atom is -0.478 e. The number of para-hydroxylation sites is 1. The van der Waals surface area contributed by atoms with Crippen LogP contribution in [0.4, 0.5) is 11.4 Å². The zero-order valence-corrected chi connectivity index (χ0v) is 9.03. The quantitative estimate of drug-likeness (QED) is 0.740. The molecule has 3 N–H and O–H groups in total. The van der Waals surface area contributed by atoms with Crippen molar-refractivity contribution in [1.82, 2.24) is 0 Å². The van der Waals surface area contributed by atoms with Crippen LogP contribution in [-0.2, 0) is 0 Å². The summed E-state index contributed by atoms with van der Waals surface area (Å²) in [5.41, 5.74) is 7.11. The van der Waals surface area contributed by atoms with E-state index in [1.807, 2.05) is 24.8 Å². The zero-order chi connectivity index (χ0) is 11.4. The van der Waals surface area contributed by atoms with Gasteiger partial charge in [-0.2, -0.15) is 0 Å². The van der Waals surface area contributed by atoms with E-state index in [1.165, 1.54) is 6.07 Å². The molecule has 0 atom stereocenters. The van der Waals surface area contributed by atoms with E-state index >= 15 is 0 Å². The zero-order valence-electron chi connectivity index (χ0n) is 9.03. The molecular weight excluding hydrogens is 192 g/mol. The molecule has 0 fully saturated rings. The van der Waals surface area contributed by atoms with E-state index in [-0.39, 0.29) is 5.56 Å². The number of nitrogen functional groups attached to an aromatic ring is 1. The molecule has 1 aromatic carbocycles. The van der Waals surface area contributed by atoms with Crippen molar-refractivity contribution in [2.24, 2.45) is 0 Å². The maximum atomic E-state index is 10.9. The Hall–Kier alpha value is -1.71. The predicted octanol–water partition coefficient (Wildman–Crippen LogP) is 1.81. The van der Waals surface area contributed by atoms with E-state index in [2.05, 4.69) is 0 Å². The number of carboxylic acids is 1. The van der Waals surface area contributed by atoms with Crippen molar-refractivity contribution in [1.29, 1.82) is 0 Å². The number of hydrogen-bond acceptors (Lipinski definition) is 3. The molecule has 0 amide bonds. The molecule has 0 bridgehead atoms. The van der Waals surface area contributed by atoms with Gasteiger partial charge in [0, 0.05) is 13.1 Å². The number of rotatable bonds is 4. The van der Waals surface area contributed by atoms with Gasteiger partial charge in [0.1, 0.15) is 0 Å². The summed E-state index contributed by atoms with van der Waals surface area (Å²) in [4.78, 5) is 12.9. The lowest BCUT2D eigenvalue weighted by Crippen LogP contribution is -2.23. The molecule has 4 heteroatoms. The summed E-state index contributed by atoms with van der Waals surface area (Å²) < 4.78 is 0. The fourth-order valence-electron chi connectivity index (χ4n) is 1.58. The standard InChI is InChI=1S/C11H16N2O2/c1-3-13(4-2)9-7-5-6-8(10(9)12)11(14)15/h5-7H,3-4,12H2,1-2H3,(H,14,15). The fourth-order valence-corrected chi connectivity index (χ4v) is 1.58. The monoisotopic (exact) mass is 208 g/mol. The third-order valence-corrected chi connectivity index (χ3v) is 2.42. The summed E-state index contributed by atoms with van der Waals surface area (Å²) >= 11 is 0. The molecule has 0 saturated heterocycles. The lowest BCUT2D eigenvalue weighted by atomic mass is 10.1. The maximum Gasteiger partial charge on any atom is 0.337 e. The van der Waals surface area contributed by atoms with Crippen molar-refractivity contribution >= 4 is 17.3 Å². The molecule has 0 unspecified atom stereocenters. The summed E-state index contributed by atoms with van der Waals surface area (Å²) in [6, 6.07) is 5.08. The Morgan fingerprint density at radius 3 is 2.47 bits per heavy atom. The highest BCUT2D eigenvalue weighted by Gasteiger charge is 2.13. The fraction of sp³-hybridized carbons (Fsp3) is 0.364. The van der Waals surface area contributed by atoms with E-state index in [0.29, 0.717) is 5.69 Å². The second-order valence-corrected chi connectivity index (χ2v) is 3.22. The first kappa shape index (κ1) is 11.4. The predicted molar refractivity (Wildman–Crippen MR) is 61.4 cm³/mol. The van der Waals surface area contributed by atoms with E-state index in [9.17, 15) is 4.79 Å². The number of hydrogen-bond donors (Lipinski definition) is 2. The number of benzene rings is 1. The Morgan fingerprint density at radius 2 is 2.00 bits per heavy atom. The van der Waals surface area contributed by atoms with Gasteiger partial charge in [0.15, 0.2) is 0 Å². The first-order valence-corrected chi connectivity index (χ1v) is 4.98. The topological polar surface area (TPSA) is 66.6 Å². The van der Waals surface area contributed by atoms with Gasteiger partial charge >= 0.3 is 5.97 Å². The Morgan fingerprint density at radius 1 is 1.40 bits per heavy atom. The van der Waals surface area contributed by atoms with E-state index in [0.717, 1.165) is 18.8 Å². The van der Waals surface area contributed by atoms with Crippen LogP contribution in [0.15, 0.2) is 18.2 Å². The number of aromatic carboxylic acids is 1. The van der Waals surface area contributed by atoms with Crippen molar-refractivity contribution in [3.05, 3.63) is 23.8 Å². The number of carbonyl (C=O) groups is 1. The number of anilines is 2. The highest BCUT2D eigenvalue weighted by atomic mass is 16.4. The van der Waals surface area contributed by atoms with Gasteiger partial charge in [-0.1, -0.05) is 6.07 Å². The lowest BCUT2D eigenvalue weighted by Gasteiger charge is -2.23. The molecule has 0 aliphatic carbocycles. The van der Waals surface area contributed by atoms with Crippen LogP contribution in [0, 0.1) is 0 Å². The SMILES string of the molecule is CCN(CC)c1cccc(C(=O)O)c1N. The molecule has 15 heavy (non-hydrogen) atoms. The highest BCUT2D eigenvalue weighted by Crippen LogP contribution is 2.26. The average Bonchev–Trinajstić information content (AvgIpc) is 2.21. The van der Waals surface area contributed by atoms with Crippen molar-refractivity contribution in [2.75, 3.05) is 23.7 Å². The Labute approximate surface area is 89.3 Å². The Balaban J connectivity index is 3.19. The minimum absolute atomic E-state index is 0.166. The van der Waals surface area contributed by atoms with Crippen LogP contribution in [0.25, 0.3) is 0 Å². The summed E-state index contributed by atoms with van der Waals surface area (Å²) in [6.07, 6.45) is 0. The summed E-state index contributed by atoms with van der Waals surface area (Å²) in [5, 5.41) is 8.92. The minimum atomic E-state index is -0.985. The van der Waals surface area contributed by atoms with Gasteiger partial charge in [-0.05, 0) is 26.0 Å². The third-order valence-electron chi connectivity index (χ3n) is 2.42. The number of nitrogens with two attached hydrogens (primary N) is 1. The van der Waals surface area contributed by atoms with E-state index < -0.39 is 5.97 Å². The molecule has 1 rings (SSSR count). The first-order chi connectivity index (χ1) is 7.11. The molecular formula is C11H16N2O2. The van der Waals surface area contributed by atoms with Crippen molar-refractivity contribution in [2.45, 2.75) is 13.8 Å². The van der Waals surface area contributed by atoms with Gasteiger partial charge in [0.25, 0.3) is 0 Å². The molecule has 0 aliphatic heterocycles. The summed E-state index contributed by atoms with van der Waals surface area (Å²) in [7, 11) is 0. The molecule has 0 radical (unpaired) electrons. The van der Waals surface area contributed by atoms with Gasteiger partial charge in [-0.15, -0.1) is 0 Å². The van der Waals surface area contributed by atoms with Gasteiger partial charge in [-0.3, -0.25) is 0 Å². The van der Waals surface area contributed by atoms with E-state index in [1.54, 1.807) is 6.07 Å². The highest BCUT2D eigenvalue weighted by molar-refractivity contribution is 5.97. The largest absolute Gasteiger partial charge is 0.478 e. The average molecular weight is 208 g/mol. The Bertz CT molecular complexity index is 360. The van der Waals surface area contributed by atoms with Crippen LogP contribution in [0.5, 0.6) is 0 Å². The van der Waals surface area contributed by atoms with Crippen LogP contribution in [0.2, 0.25) is 0 Å². The molecule has 0 heterocycles. The lowest BCUT2D eigenvalue weighted by molar-refractivity contribution is 0.0698. The second kappa shape index (κ2) is 4.68. The normalized spacial score (nSPS) is 10.0. The molecule has 1 aromatic rings. The molecule has 4 nitrogen and oxygen atoms in total. The third kappa shape index (κ3) is 2.21. The van der Waals surface area contributed by atoms with Crippen molar-refractivity contribution in [3.63, 3.8) is 0 Å². The smallest absolute Gasteiger partial charge is 0.337 e. The second-order valence-electron chi connectivity index (χ2n) is 3.22. The van der Waals surface area contributed by atoms with Crippen LogP contribution >= 0.6 is 0 Å². The van der Waals surface area contributed by atoms with Crippen LogP contribution in [-0.4, -0.2) is 24.2 Å². The van der Waals surface area contributed by atoms with Crippen LogP contribution in [0.3, 0.4) is 0 Å².